The van der Waals surface area contributed by atoms with Gasteiger partial charge in [-0.25, -0.2) is 18.3 Å². The van der Waals surface area contributed by atoms with Crippen molar-refractivity contribution in [3.63, 3.8) is 0 Å². The highest BCUT2D eigenvalue weighted by atomic mass is 32.2. The zero-order valence-corrected chi connectivity index (χ0v) is 21.7. The van der Waals surface area contributed by atoms with Crippen LogP contribution in [0, 0.1) is 0 Å². The average Bonchev–Trinajstić information content (AvgIpc) is 3.38. The molecule has 3 aromatic rings. The first-order valence-electron chi connectivity index (χ1n) is 12.2. The Morgan fingerprint density at radius 1 is 0.868 bits per heavy atom. The van der Waals surface area contributed by atoms with E-state index in [4.69, 9.17) is 9.47 Å². The molecule has 2 aromatic carbocycles. The molecule has 38 heavy (non-hydrogen) atoms. The number of rotatable bonds is 8. The third-order valence-electron chi connectivity index (χ3n) is 6.35. The zero-order chi connectivity index (χ0) is 27.1. The first-order chi connectivity index (χ1) is 18.2. The molecule has 4 rings (SSSR count). The van der Waals surface area contributed by atoms with Gasteiger partial charge in [0.1, 0.15) is 18.9 Å². The van der Waals surface area contributed by atoms with Gasteiger partial charge in [-0.05, 0) is 41.5 Å². The summed E-state index contributed by atoms with van der Waals surface area (Å²) in [6.45, 7) is 2.29. The van der Waals surface area contributed by atoms with E-state index in [0.29, 0.717) is 37.1 Å². The molecular formula is C27H29N3O7S. The number of esters is 1. The Hall–Kier alpha value is -4.12. The third kappa shape index (κ3) is 6.60. The Balaban J connectivity index is 1.55. The van der Waals surface area contributed by atoms with E-state index < -0.39 is 22.3 Å². The number of hydrogen-bond acceptors (Lipinski definition) is 7. The lowest BCUT2D eigenvalue weighted by Gasteiger charge is -2.31. The van der Waals surface area contributed by atoms with Crippen LogP contribution in [0.2, 0.25) is 0 Å². The van der Waals surface area contributed by atoms with Crippen LogP contribution in [0.5, 0.6) is 0 Å². The molecule has 1 N–H and O–H groups in total. The summed E-state index contributed by atoms with van der Waals surface area (Å²) in [7, 11) is -4.54. The molecule has 2 amide bonds. The second kappa shape index (κ2) is 12.0. The molecule has 0 atom stereocenters. The lowest BCUT2D eigenvalue weighted by atomic mass is 9.89. The van der Waals surface area contributed by atoms with Crippen molar-refractivity contribution < 1.29 is 32.3 Å². The smallest absolute Gasteiger partial charge is 0.422 e. The van der Waals surface area contributed by atoms with E-state index in [1.807, 2.05) is 10.8 Å². The predicted molar refractivity (Wildman–Crippen MR) is 138 cm³/mol. The van der Waals surface area contributed by atoms with Crippen molar-refractivity contribution in [2.45, 2.75) is 38.9 Å². The van der Waals surface area contributed by atoms with Gasteiger partial charge >= 0.3 is 22.3 Å². The summed E-state index contributed by atoms with van der Waals surface area (Å²) >= 11 is 0. The number of nitrogens with one attached hydrogen (secondary N) is 1. The van der Waals surface area contributed by atoms with Crippen LogP contribution in [0.3, 0.4) is 0 Å². The molecule has 2 heterocycles. The van der Waals surface area contributed by atoms with Crippen LogP contribution in [-0.2, 0) is 37.7 Å². The second-order valence-corrected chi connectivity index (χ2v) is 10.5. The number of likely N-dealkylation sites (tertiary alicyclic amines) is 1. The van der Waals surface area contributed by atoms with Gasteiger partial charge in [0.05, 0.1) is 0 Å². The standard InChI is InChI=1S/C27H29N3O7S/c1-20(31)29-15-12-23(13-16-29)24-14-17-30(25(24)26(32)36-18-21-8-4-2-5-9-21)38(34,35)28-27(33)37-19-22-10-6-3-7-11-22/h2-11,14,17,23H,12-13,15-16,18-19H2,1H3,(H,28,33). The minimum absolute atomic E-state index is 0.0377. The second-order valence-electron chi connectivity index (χ2n) is 8.93. The largest absolute Gasteiger partial charge is 0.456 e. The topological polar surface area (TPSA) is 124 Å². The van der Waals surface area contributed by atoms with E-state index in [0.717, 1.165) is 9.54 Å². The summed E-state index contributed by atoms with van der Waals surface area (Å²) in [4.78, 5) is 39.0. The minimum atomic E-state index is -4.54. The first-order valence-corrected chi connectivity index (χ1v) is 13.6. The molecule has 0 bridgehead atoms. The van der Waals surface area contributed by atoms with Crippen LogP contribution in [0.4, 0.5) is 4.79 Å². The van der Waals surface area contributed by atoms with Gasteiger partial charge in [-0.15, -0.1) is 0 Å². The summed E-state index contributed by atoms with van der Waals surface area (Å²) in [5.74, 6) is -1.05. The fourth-order valence-corrected chi connectivity index (χ4v) is 5.38. The maximum absolute atomic E-state index is 13.3. The van der Waals surface area contributed by atoms with Gasteiger partial charge in [-0.2, -0.15) is 8.42 Å². The molecule has 11 heteroatoms. The molecule has 10 nitrogen and oxygen atoms in total. The van der Waals surface area contributed by atoms with Crippen molar-refractivity contribution in [2.75, 3.05) is 13.1 Å². The van der Waals surface area contributed by atoms with Crippen LogP contribution in [0.25, 0.3) is 0 Å². The molecule has 0 aliphatic carbocycles. The van der Waals surface area contributed by atoms with E-state index in [-0.39, 0.29) is 30.7 Å². The quantitative estimate of drug-likeness (QED) is 0.434. The summed E-state index contributed by atoms with van der Waals surface area (Å²) in [6.07, 6.45) is 1.14. The maximum Gasteiger partial charge on any atom is 0.422 e. The van der Waals surface area contributed by atoms with Crippen LogP contribution in [0.15, 0.2) is 72.9 Å². The Bertz CT molecular complexity index is 1380. The summed E-state index contributed by atoms with van der Waals surface area (Å²) in [6, 6.07) is 19.4. The van der Waals surface area contributed by atoms with Crippen LogP contribution >= 0.6 is 0 Å². The molecule has 0 saturated carbocycles. The SMILES string of the molecule is CC(=O)N1CCC(c2ccn(S(=O)(=O)NC(=O)OCc3ccccc3)c2C(=O)OCc2ccccc2)CC1. The zero-order valence-electron chi connectivity index (χ0n) is 20.9. The Morgan fingerprint density at radius 3 is 1.97 bits per heavy atom. The van der Waals surface area contributed by atoms with Gasteiger partial charge in [0.25, 0.3) is 0 Å². The first kappa shape index (κ1) is 26.9. The summed E-state index contributed by atoms with van der Waals surface area (Å²) < 4.78 is 39.5. The number of piperidine rings is 1. The molecule has 1 saturated heterocycles. The van der Waals surface area contributed by atoms with Gasteiger partial charge in [0.15, 0.2) is 0 Å². The van der Waals surface area contributed by atoms with Gasteiger partial charge in [0, 0.05) is 26.2 Å². The number of aromatic nitrogens is 1. The maximum atomic E-state index is 13.3. The molecule has 1 aliphatic heterocycles. The third-order valence-corrected chi connectivity index (χ3v) is 7.60. The minimum Gasteiger partial charge on any atom is -0.456 e. The Labute approximate surface area is 221 Å². The Kier molecular flexibility index (Phi) is 8.47. The molecule has 1 aromatic heterocycles. The number of hydrogen-bond donors (Lipinski definition) is 1. The average molecular weight is 540 g/mol. The lowest BCUT2D eigenvalue weighted by Crippen LogP contribution is -2.38. The van der Waals surface area contributed by atoms with E-state index >= 15 is 0 Å². The molecule has 200 valence electrons. The van der Waals surface area contributed by atoms with Gasteiger partial charge < -0.3 is 14.4 Å². The number of benzene rings is 2. The fourth-order valence-electron chi connectivity index (χ4n) is 4.37. The highest BCUT2D eigenvalue weighted by Gasteiger charge is 2.32. The van der Waals surface area contributed by atoms with Crippen LogP contribution in [0.1, 0.15) is 52.9 Å². The van der Waals surface area contributed by atoms with E-state index in [9.17, 15) is 22.8 Å². The van der Waals surface area contributed by atoms with Gasteiger partial charge in [-0.1, -0.05) is 60.7 Å². The summed E-state index contributed by atoms with van der Waals surface area (Å²) in [5, 5.41) is 0. The molecule has 0 unspecified atom stereocenters. The highest BCUT2D eigenvalue weighted by Crippen LogP contribution is 2.32. The highest BCUT2D eigenvalue weighted by molar-refractivity contribution is 7.88. The molecule has 0 radical (unpaired) electrons. The van der Waals surface area contributed by atoms with Gasteiger partial charge in [-0.3, -0.25) is 4.79 Å². The number of carbonyl (C=O) groups excluding carboxylic acids is 3. The fraction of sp³-hybridized carbons (Fsp3) is 0.296. The van der Waals surface area contributed by atoms with Crippen LogP contribution < -0.4 is 4.72 Å². The summed E-state index contributed by atoms with van der Waals surface area (Å²) in [5.41, 5.74) is 1.71. The van der Waals surface area contributed by atoms with Crippen molar-refractivity contribution in [1.82, 2.24) is 13.6 Å². The molecule has 1 aliphatic rings. The Morgan fingerprint density at radius 2 is 1.42 bits per heavy atom. The number of nitrogens with zero attached hydrogens (tertiary/aromatic N) is 2. The lowest BCUT2D eigenvalue weighted by molar-refractivity contribution is -0.129. The van der Waals surface area contributed by atoms with Gasteiger partial charge in [0.2, 0.25) is 5.91 Å². The van der Waals surface area contributed by atoms with E-state index in [2.05, 4.69) is 0 Å². The van der Waals surface area contributed by atoms with Crippen molar-refractivity contribution in [1.29, 1.82) is 0 Å². The van der Waals surface area contributed by atoms with E-state index in [1.54, 1.807) is 65.6 Å². The predicted octanol–water partition coefficient (Wildman–Crippen LogP) is 3.59. The van der Waals surface area contributed by atoms with Crippen molar-refractivity contribution in [2.24, 2.45) is 0 Å². The van der Waals surface area contributed by atoms with E-state index in [1.165, 1.54) is 13.1 Å². The normalized spacial score (nSPS) is 14.1. The molecular weight excluding hydrogens is 510 g/mol. The number of ether oxygens (including phenoxy) is 2. The van der Waals surface area contributed by atoms with Crippen molar-refractivity contribution >= 4 is 28.2 Å². The molecule has 1 fully saturated rings. The molecule has 0 spiro atoms. The van der Waals surface area contributed by atoms with Crippen molar-refractivity contribution in [3.05, 3.63) is 95.3 Å². The van der Waals surface area contributed by atoms with Crippen LogP contribution in [-0.4, -0.2) is 48.3 Å². The number of amides is 2. The van der Waals surface area contributed by atoms with Crippen molar-refractivity contribution in [3.8, 4) is 0 Å². The number of carbonyl (C=O) groups is 3. The monoisotopic (exact) mass is 539 g/mol.